The zero-order valence-corrected chi connectivity index (χ0v) is 14.1. The molecule has 1 fully saturated rings. The minimum Gasteiger partial charge on any atom is -0.325 e. The first kappa shape index (κ1) is 16.6. The predicted octanol–water partition coefficient (Wildman–Crippen LogP) is 0.373. The lowest BCUT2D eigenvalue weighted by Crippen LogP contribution is -2.55. The van der Waals surface area contributed by atoms with Gasteiger partial charge in [-0.05, 0) is 50.2 Å². The van der Waals surface area contributed by atoms with Crippen LogP contribution in [0.5, 0.6) is 0 Å². The Morgan fingerprint density at radius 3 is 2.29 bits per heavy atom. The van der Waals surface area contributed by atoms with Crippen molar-refractivity contribution in [2.24, 2.45) is 0 Å². The maximum Gasteiger partial charge on any atom is 0.245 e. The van der Waals surface area contributed by atoms with Gasteiger partial charge in [-0.2, -0.15) is 15.0 Å². The van der Waals surface area contributed by atoms with Crippen molar-refractivity contribution in [3.05, 3.63) is 36.7 Å². The van der Waals surface area contributed by atoms with E-state index in [0.29, 0.717) is 18.8 Å². The average Bonchev–Trinajstić information content (AvgIpc) is 3.09. The van der Waals surface area contributed by atoms with Gasteiger partial charge < -0.3 is 10.6 Å². The number of amides is 1. The highest BCUT2D eigenvalue weighted by atomic mass is 32.2. The molecule has 1 amide bonds. The molecule has 1 aromatic carbocycles. The number of benzene rings is 1. The lowest BCUT2D eigenvalue weighted by Gasteiger charge is -2.34. The number of aromatic nitrogens is 3. The van der Waals surface area contributed by atoms with E-state index in [4.69, 9.17) is 0 Å². The van der Waals surface area contributed by atoms with Crippen LogP contribution in [0.3, 0.4) is 0 Å². The summed E-state index contributed by atoms with van der Waals surface area (Å²) in [6, 6.07) is 6.91. The van der Waals surface area contributed by atoms with Crippen molar-refractivity contribution < 1.29 is 13.2 Å². The Morgan fingerprint density at radius 2 is 1.75 bits per heavy atom. The third kappa shape index (κ3) is 3.04. The van der Waals surface area contributed by atoms with E-state index in [1.54, 1.807) is 36.7 Å². The molecule has 9 heteroatoms. The van der Waals surface area contributed by atoms with Crippen molar-refractivity contribution in [3.8, 4) is 5.69 Å². The maximum atomic E-state index is 12.7. The van der Waals surface area contributed by atoms with Crippen LogP contribution in [-0.2, 0) is 14.6 Å². The number of carbonyl (C=O) groups excluding carboxylic acids is 1. The van der Waals surface area contributed by atoms with Gasteiger partial charge in [0.15, 0.2) is 14.6 Å². The molecule has 0 atom stereocenters. The van der Waals surface area contributed by atoms with Crippen LogP contribution in [0.4, 0.5) is 5.69 Å². The summed E-state index contributed by atoms with van der Waals surface area (Å²) in [7, 11) is -3.53. The summed E-state index contributed by atoms with van der Waals surface area (Å²) >= 11 is 0. The van der Waals surface area contributed by atoms with Crippen LogP contribution in [0.25, 0.3) is 5.69 Å². The lowest BCUT2D eigenvalue weighted by molar-refractivity contribution is -0.119. The second kappa shape index (κ2) is 6.33. The van der Waals surface area contributed by atoms with Crippen LogP contribution in [0.15, 0.2) is 36.7 Å². The molecule has 0 bridgehead atoms. The number of anilines is 1. The van der Waals surface area contributed by atoms with Gasteiger partial charge in [-0.15, -0.1) is 0 Å². The Kier molecular flexibility index (Phi) is 4.37. The smallest absolute Gasteiger partial charge is 0.245 e. The number of hydrogen-bond acceptors (Lipinski definition) is 6. The Labute approximate surface area is 140 Å². The van der Waals surface area contributed by atoms with Gasteiger partial charge in [-0.1, -0.05) is 0 Å². The first-order valence-electron chi connectivity index (χ1n) is 7.61. The number of piperidine rings is 1. The number of nitrogens with zero attached hydrogens (tertiary/aromatic N) is 3. The molecule has 1 aliphatic rings. The highest BCUT2D eigenvalue weighted by Gasteiger charge is 2.48. The Morgan fingerprint density at radius 1 is 1.17 bits per heavy atom. The van der Waals surface area contributed by atoms with E-state index >= 15 is 0 Å². The van der Waals surface area contributed by atoms with E-state index in [1.807, 2.05) is 0 Å². The molecule has 0 unspecified atom stereocenters. The van der Waals surface area contributed by atoms with Gasteiger partial charge >= 0.3 is 0 Å². The first-order valence-corrected chi connectivity index (χ1v) is 9.50. The van der Waals surface area contributed by atoms with E-state index < -0.39 is 20.5 Å². The van der Waals surface area contributed by atoms with Gasteiger partial charge in [0.05, 0.1) is 18.1 Å². The number of nitrogens with one attached hydrogen (secondary N) is 2. The topological polar surface area (TPSA) is 106 Å². The van der Waals surface area contributed by atoms with Crippen molar-refractivity contribution in [3.63, 3.8) is 0 Å². The Balaban J connectivity index is 1.80. The molecule has 128 valence electrons. The van der Waals surface area contributed by atoms with Gasteiger partial charge in [0.25, 0.3) is 0 Å². The molecule has 0 spiro atoms. The molecule has 2 heterocycles. The quantitative estimate of drug-likeness (QED) is 0.826. The number of rotatable bonds is 4. The summed E-state index contributed by atoms with van der Waals surface area (Å²) in [6.45, 7) is 1.01. The van der Waals surface area contributed by atoms with Crippen LogP contribution < -0.4 is 10.6 Å². The third-order valence-corrected chi connectivity index (χ3v) is 6.32. The summed E-state index contributed by atoms with van der Waals surface area (Å²) in [4.78, 5) is 14.2. The Bertz CT molecular complexity index is 809. The van der Waals surface area contributed by atoms with Gasteiger partial charge in [0, 0.05) is 11.9 Å². The standard InChI is InChI=1S/C15H19N5O3S/c1-24(22,23)15(6-8-16-9-7-15)14(21)19-12-2-4-13(5-3-12)20-17-10-11-18-20/h2-5,10-11,16H,6-9H2,1H3,(H,19,21). The van der Waals surface area contributed by atoms with Crippen molar-refractivity contribution in [2.45, 2.75) is 17.6 Å². The highest BCUT2D eigenvalue weighted by Crippen LogP contribution is 2.29. The molecule has 1 aromatic heterocycles. The molecular weight excluding hydrogens is 330 g/mol. The SMILES string of the molecule is CS(=O)(=O)C1(C(=O)Nc2ccc(-n3nccn3)cc2)CCNCC1. The number of carbonyl (C=O) groups is 1. The Hall–Kier alpha value is -2.26. The first-order chi connectivity index (χ1) is 11.4. The second-order valence-corrected chi connectivity index (χ2v) is 8.16. The summed E-state index contributed by atoms with van der Waals surface area (Å²) in [5, 5.41) is 13.9. The average molecular weight is 349 g/mol. The van der Waals surface area contributed by atoms with Crippen LogP contribution in [-0.4, -0.2) is 53.4 Å². The van der Waals surface area contributed by atoms with Crippen LogP contribution in [0.2, 0.25) is 0 Å². The second-order valence-electron chi connectivity index (χ2n) is 5.84. The van der Waals surface area contributed by atoms with Crippen LogP contribution in [0, 0.1) is 0 Å². The molecule has 1 saturated heterocycles. The van der Waals surface area contributed by atoms with E-state index in [9.17, 15) is 13.2 Å². The molecule has 0 aliphatic carbocycles. The molecule has 0 saturated carbocycles. The lowest BCUT2D eigenvalue weighted by atomic mass is 9.95. The van der Waals surface area contributed by atoms with Crippen LogP contribution >= 0.6 is 0 Å². The summed E-state index contributed by atoms with van der Waals surface area (Å²) in [5.74, 6) is -0.475. The number of sulfone groups is 1. The molecule has 0 radical (unpaired) electrons. The zero-order valence-electron chi connectivity index (χ0n) is 13.3. The molecular formula is C15H19N5O3S. The third-order valence-electron chi connectivity index (χ3n) is 4.31. The fourth-order valence-corrected chi connectivity index (χ4v) is 4.20. The molecule has 3 rings (SSSR count). The molecule has 2 N–H and O–H groups in total. The molecule has 8 nitrogen and oxygen atoms in total. The minimum atomic E-state index is -3.53. The summed E-state index contributed by atoms with van der Waals surface area (Å²) < 4.78 is 23.1. The zero-order chi connectivity index (χ0) is 17.2. The van der Waals surface area contributed by atoms with Gasteiger partial charge in [0.1, 0.15) is 0 Å². The molecule has 2 aromatic rings. The molecule has 24 heavy (non-hydrogen) atoms. The molecule has 1 aliphatic heterocycles. The summed E-state index contributed by atoms with van der Waals surface area (Å²) in [6.07, 6.45) is 4.82. The van der Waals surface area contributed by atoms with E-state index in [2.05, 4.69) is 20.8 Å². The van der Waals surface area contributed by atoms with Crippen molar-refractivity contribution in [1.82, 2.24) is 20.3 Å². The van der Waals surface area contributed by atoms with E-state index in [0.717, 1.165) is 11.9 Å². The monoisotopic (exact) mass is 349 g/mol. The van der Waals surface area contributed by atoms with Crippen molar-refractivity contribution >= 4 is 21.4 Å². The summed E-state index contributed by atoms with van der Waals surface area (Å²) in [5.41, 5.74) is 1.29. The van der Waals surface area contributed by atoms with Crippen LogP contribution in [0.1, 0.15) is 12.8 Å². The van der Waals surface area contributed by atoms with Gasteiger partial charge in [-0.25, -0.2) is 8.42 Å². The maximum absolute atomic E-state index is 12.7. The van der Waals surface area contributed by atoms with Crippen molar-refractivity contribution in [1.29, 1.82) is 0 Å². The van der Waals surface area contributed by atoms with E-state index in [1.165, 1.54) is 4.80 Å². The van der Waals surface area contributed by atoms with Gasteiger partial charge in [0.2, 0.25) is 5.91 Å². The highest BCUT2D eigenvalue weighted by molar-refractivity contribution is 7.92. The van der Waals surface area contributed by atoms with Crippen molar-refractivity contribution in [2.75, 3.05) is 24.7 Å². The normalized spacial score (nSPS) is 17.4. The fraction of sp³-hybridized carbons (Fsp3) is 0.400. The fourth-order valence-electron chi connectivity index (χ4n) is 2.87. The van der Waals surface area contributed by atoms with Gasteiger partial charge in [-0.3, -0.25) is 4.79 Å². The largest absolute Gasteiger partial charge is 0.325 e. The predicted molar refractivity (Wildman–Crippen MR) is 89.7 cm³/mol. The van der Waals surface area contributed by atoms with E-state index in [-0.39, 0.29) is 12.8 Å². The minimum absolute atomic E-state index is 0.271. The number of hydrogen-bond donors (Lipinski definition) is 2.